The molecule has 1 spiro atoms. The molecular weight excluding hydrogens is 142 g/mol. The zero-order valence-electron chi connectivity index (χ0n) is 6.36. The molecule has 0 radical (unpaired) electrons. The quantitative estimate of drug-likeness (QED) is 0.573. The third kappa shape index (κ3) is 1.19. The minimum atomic E-state index is 0.598. The smallest absolute Gasteiger partial charge is 0.0362 e. The van der Waals surface area contributed by atoms with E-state index in [-0.39, 0.29) is 0 Å². The Bertz CT molecular complexity index is 110. The second-order valence-corrected chi connectivity index (χ2v) is 4.50. The fourth-order valence-electron chi connectivity index (χ4n) is 1.80. The molecule has 1 N–H and O–H groups in total. The lowest BCUT2D eigenvalue weighted by Gasteiger charge is -2.41. The molecule has 0 aliphatic carbocycles. The van der Waals surface area contributed by atoms with Crippen LogP contribution in [0.3, 0.4) is 0 Å². The van der Waals surface area contributed by atoms with Gasteiger partial charge >= 0.3 is 0 Å². The van der Waals surface area contributed by atoms with Gasteiger partial charge in [-0.25, -0.2) is 0 Å². The Morgan fingerprint density at radius 2 is 2.00 bits per heavy atom. The summed E-state index contributed by atoms with van der Waals surface area (Å²) in [6.45, 7) is 1.26. The molecule has 0 amide bonds. The van der Waals surface area contributed by atoms with Gasteiger partial charge < -0.3 is 5.32 Å². The van der Waals surface area contributed by atoms with Gasteiger partial charge in [-0.15, -0.1) is 0 Å². The molecule has 58 valence electrons. The molecular formula is C8H15NS. The zero-order chi connectivity index (χ0) is 6.86. The van der Waals surface area contributed by atoms with Gasteiger partial charge in [0.15, 0.2) is 0 Å². The van der Waals surface area contributed by atoms with Gasteiger partial charge in [-0.2, -0.15) is 11.8 Å². The van der Waals surface area contributed by atoms with E-state index in [0.29, 0.717) is 5.54 Å². The van der Waals surface area contributed by atoms with Crippen molar-refractivity contribution < 1.29 is 0 Å². The zero-order valence-corrected chi connectivity index (χ0v) is 7.17. The number of nitrogens with one attached hydrogen (secondary N) is 1. The van der Waals surface area contributed by atoms with Gasteiger partial charge in [0.05, 0.1) is 0 Å². The van der Waals surface area contributed by atoms with E-state index in [1.165, 1.54) is 43.7 Å². The highest BCUT2D eigenvalue weighted by Crippen LogP contribution is 2.35. The summed E-state index contributed by atoms with van der Waals surface area (Å²) >= 11 is 2.09. The van der Waals surface area contributed by atoms with Crippen LogP contribution in [-0.4, -0.2) is 23.6 Å². The molecule has 0 unspecified atom stereocenters. The highest BCUT2D eigenvalue weighted by atomic mass is 32.2. The molecule has 0 bridgehead atoms. The second kappa shape index (κ2) is 2.74. The van der Waals surface area contributed by atoms with E-state index in [9.17, 15) is 0 Å². The van der Waals surface area contributed by atoms with Gasteiger partial charge in [-0.3, -0.25) is 0 Å². The highest BCUT2D eigenvalue weighted by molar-refractivity contribution is 8.00. The molecule has 2 aliphatic heterocycles. The molecule has 10 heavy (non-hydrogen) atoms. The summed E-state index contributed by atoms with van der Waals surface area (Å²) in [7, 11) is 0. The first-order valence-corrected chi connectivity index (χ1v) is 5.40. The van der Waals surface area contributed by atoms with Crippen LogP contribution in [0.25, 0.3) is 0 Å². The SMILES string of the molecule is C1CCNC2(CC1)CSC2. The van der Waals surface area contributed by atoms with Crippen molar-refractivity contribution >= 4 is 11.8 Å². The number of thioether (sulfide) groups is 1. The Morgan fingerprint density at radius 1 is 1.10 bits per heavy atom. The first kappa shape index (κ1) is 6.99. The predicted octanol–water partition coefficient (Wildman–Crippen LogP) is 1.64. The first-order valence-electron chi connectivity index (χ1n) is 4.24. The van der Waals surface area contributed by atoms with Gasteiger partial charge in [0.25, 0.3) is 0 Å². The van der Waals surface area contributed by atoms with Crippen LogP contribution in [0, 0.1) is 0 Å². The van der Waals surface area contributed by atoms with E-state index in [1.54, 1.807) is 0 Å². The van der Waals surface area contributed by atoms with Gasteiger partial charge in [0, 0.05) is 17.0 Å². The first-order chi connectivity index (χ1) is 4.91. The van der Waals surface area contributed by atoms with Gasteiger partial charge in [0.2, 0.25) is 0 Å². The van der Waals surface area contributed by atoms with E-state index in [2.05, 4.69) is 17.1 Å². The topological polar surface area (TPSA) is 12.0 Å². The molecule has 2 heterocycles. The van der Waals surface area contributed by atoms with Crippen LogP contribution < -0.4 is 5.32 Å². The maximum absolute atomic E-state index is 3.67. The van der Waals surface area contributed by atoms with Gasteiger partial charge in [-0.05, 0) is 19.4 Å². The molecule has 1 nitrogen and oxygen atoms in total. The predicted molar refractivity (Wildman–Crippen MR) is 46.5 cm³/mol. The molecule has 2 heteroatoms. The van der Waals surface area contributed by atoms with Crippen molar-refractivity contribution in [1.29, 1.82) is 0 Å². The molecule has 0 atom stereocenters. The summed E-state index contributed by atoms with van der Waals surface area (Å²) in [5.41, 5.74) is 0.598. The summed E-state index contributed by atoms with van der Waals surface area (Å²) < 4.78 is 0. The maximum Gasteiger partial charge on any atom is 0.0362 e. The Balaban J connectivity index is 1.92. The van der Waals surface area contributed by atoms with Crippen LogP contribution in [0.5, 0.6) is 0 Å². The number of hydrogen-bond donors (Lipinski definition) is 1. The molecule has 2 fully saturated rings. The van der Waals surface area contributed by atoms with Crippen molar-refractivity contribution in [2.45, 2.75) is 31.2 Å². The van der Waals surface area contributed by atoms with E-state index in [4.69, 9.17) is 0 Å². The largest absolute Gasteiger partial charge is 0.310 e. The number of rotatable bonds is 0. The van der Waals surface area contributed by atoms with Crippen LogP contribution in [0.4, 0.5) is 0 Å². The fourth-order valence-corrected chi connectivity index (χ4v) is 2.99. The van der Waals surface area contributed by atoms with Crippen LogP contribution in [0.1, 0.15) is 25.7 Å². The van der Waals surface area contributed by atoms with Crippen LogP contribution in [0.15, 0.2) is 0 Å². The maximum atomic E-state index is 3.67. The lowest BCUT2D eigenvalue weighted by molar-refractivity contribution is 0.379. The van der Waals surface area contributed by atoms with Crippen LogP contribution in [-0.2, 0) is 0 Å². The lowest BCUT2D eigenvalue weighted by Crippen LogP contribution is -2.55. The van der Waals surface area contributed by atoms with Crippen molar-refractivity contribution in [2.24, 2.45) is 0 Å². The second-order valence-electron chi connectivity index (χ2n) is 3.51. The molecule has 0 aromatic rings. The van der Waals surface area contributed by atoms with E-state index < -0.39 is 0 Å². The average molecular weight is 157 g/mol. The summed E-state index contributed by atoms with van der Waals surface area (Å²) in [6.07, 6.45) is 5.72. The van der Waals surface area contributed by atoms with Crippen molar-refractivity contribution in [3.63, 3.8) is 0 Å². The summed E-state index contributed by atoms with van der Waals surface area (Å²) in [4.78, 5) is 0. The third-order valence-corrected chi connectivity index (χ3v) is 4.10. The molecule has 0 saturated carbocycles. The molecule has 2 rings (SSSR count). The van der Waals surface area contributed by atoms with Crippen molar-refractivity contribution in [2.75, 3.05) is 18.1 Å². The summed E-state index contributed by atoms with van der Waals surface area (Å²) in [6, 6.07) is 0. The Kier molecular flexibility index (Phi) is 1.92. The standard InChI is InChI=1S/C8H15NS/c1-2-4-8(6-10-7-8)9-5-3-1/h9H,1-7H2. The monoisotopic (exact) mass is 157 g/mol. The fraction of sp³-hybridized carbons (Fsp3) is 1.00. The average Bonchev–Trinajstić information content (AvgIpc) is 2.08. The minimum absolute atomic E-state index is 0.598. The molecule has 0 aromatic carbocycles. The normalized spacial score (nSPS) is 31.2. The lowest BCUT2D eigenvalue weighted by atomic mass is 9.97. The Labute approximate surface area is 67.0 Å². The van der Waals surface area contributed by atoms with Crippen molar-refractivity contribution in [1.82, 2.24) is 5.32 Å². The van der Waals surface area contributed by atoms with E-state index in [0.717, 1.165) is 0 Å². The molecule has 2 saturated heterocycles. The van der Waals surface area contributed by atoms with E-state index >= 15 is 0 Å². The summed E-state index contributed by atoms with van der Waals surface area (Å²) in [5.74, 6) is 2.74. The van der Waals surface area contributed by atoms with Gasteiger partial charge in [-0.1, -0.05) is 12.8 Å². The van der Waals surface area contributed by atoms with Crippen LogP contribution >= 0.6 is 11.8 Å². The third-order valence-electron chi connectivity index (χ3n) is 2.59. The molecule has 2 aliphatic rings. The van der Waals surface area contributed by atoms with Crippen molar-refractivity contribution in [3.05, 3.63) is 0 Å². The minimum Gasteiger partial charge on any atom is -0.310 e. The summed E-state index contributed by atoms with van der Waals surface area (Å²) in [5, 5.41) is 3.67. The molecule has 0 aromatic heterocycles. The highest BCUT2D eigenvalue weighted by Gasteiger charge is 2.37. The Hall–Kier alpha value is 0.310. The van der Waals surface area contributed by atoms with Crippen molar-refractivity contribution in [3.8, 4) is 0 Å². The van der Waals surface area contributed by atoms with Gasteiger partial charge in [0.1, 0.15) is 0 Å². The van der Waals surface area contributed by atoms with E-state index in [1.807, 2.05) is 0 Å². The van der Waals surface area contributed by atoms with Crippen LogP contribution in [0.2, 0.25) is 0 Å². The Morgan fingerprint density at radius 3 is 2.70 bits per heavy atom. The number of hydrogen-bond acceptors (Lipinski definition) is 2.